The van der Waals surface area contributed by atoms with Crippen molar-refractivity contribution in [2.75, 3.05) is 0 Å². The molecule has 0 aromatic heterocycles. The van der Waals surface area contributed by atoms with Crippen LogP contribution in [0.4, 0.5) is 0 Å². The molecule has 37 heavy (non-hydrogen) atoms. The van der Waals surface area contributed by atoms with E-state index in [4.69, 9.17) is 5.63 Å². The fourth-order valence-electron chi connectivity index (χ4n) is 4.35. The Bertz CT molecular complexity index is 1370. The first kappa shape index (κ1) is 27.1. The predicted octanol–water partition coefficient (Wildman–Crippen LogP) is 8.31. The third kappa shape index (κ3) is 5.10. The molecule has 0 aliphatic rings. The molecular formula is C30H21BiBr4O2. The van der Waals surface area contributed by atoms with Gasteiger partial charge in [0, 0.05) is 0 Å². The Kier molecular flexibility index (Phi) is 8.28. The Morgan fingerprint density at radius 3 is 1.03 bits per heavy atom. The Morgan fingerprint density at radius 1 is 0.405 bits per heavy atom. The molecule has 0 bridgehead atoms. The monoisotopic (exact) mass is 938 g/mol. The van der Waals surface area contributed by atoms with Crippen molar-refractivity contribution in [2.45, 2.75) is 0 Å². The topological polar surface area (TPSA) is 18.5 Å². The molecule has 0 heterocycles. The summed E-state index contributed by atoms with van der Waals surface area (Å²) in [5.41, 5.74) is 0. The summed E-state index contributed by atoms with van der Waals surface area (Å²) in [7, 11) is 0. The summed E-state index contributed by atoms with van der Waals surface area (Å²) in [6.07, 6.45) is 0. The van der Waals surface area contributed by atoms with Gasteiger partial charge in [-0.15, -0.1) is 0 Å². The zero-order valence-corrected chi connectivity index (χ0v) is 29.2. The van der Waals surface area contributed by atoms with Crippen LogP contribution in [0, 0.1) is 0 Å². The van der Waals surface area contributed by atoms with Gasteiger partial charge in [-0.1, -0.05) is 0 Å². The third-order valence-electron chi connectivity index (χ3n) is 6.01. The Labute approximate surface area is 252 Å². The second-order valence-corrected chi connectivity index (χ2v) is 26.7. The van der Waals surface area contributed by atoms with E-state index in [0.29, 0.717) is 11.5 Å². The molecule has 0 fully saturated rings. The Morgan fingerprint density at radius 2 is 0.730 bits per heavy atom. The molecule has 0 radical (unpaired) electrons. The average Bonchev–Trinajstić information content (AvgIpc) is 2.93. The fraction of sp³-hybridized carbons (Fsp3) is 0. The van der Waals surface area contributed by atoms with E-state index in [0.717, 1.165) is 27.7 Å². The normalized spacial score (nSPS) is 12.4. The zero-order chi connectivity index (χ0) is 25.9. The molecular weight excluding hydrogens is 921 g/mol. The van der Waals surface area contributed by atoms with Crippen LogP contribution >= 0.6 is 63.7 Å². The van der Waals surface area contributed by atoms with E-state index in [9.17, 15) is 0 Å². The van der Waals surface area contributed by atoms with Crippen molar-refractivity contribution in [2.24, 2.45) is 0 Å². The molecule has 0 saturated heterocycles. The van der Waals surface area contributed by atoms with Crippen LogP contribution in [0.15, 0.2) is 145 Å². The van der Waals surface area contributed by atoms with Crippen molar-refractivity contribution in [1.82, 2.24) is 0 Å². The molecule has 0 saturated carbocycles. The molecule has 0 atom stereocenters. The van der Waals surface area contributed by atoms with Crippen molar-refractivity contribution in [3.63, 3.8) is 0 Å². The van der Waals surface area contributed by atoms with Gasteiger partial charge < -0.3 is 0 Å². The van der Waals surface area contributed by atoms with E-state index >= 15 is 0 Å². The van der Waals surface area contributed by atoms with Crippen LogP contribution in [-0.4, -0.2) is 19.7 Å². The van der Waals surface area contributed by atoms with Gasteiger partial charge in [-0.2, -0.15) is 0 Å². The maximum atomic E-state index is 7.51. The van der Waals surface area contributed by atoms with Crippen molar-refractivity contribution < 1.29 is 5.63 Å². The Hall–Kier alpha value is -1.50. The van der Waals surface area contributed by atoms with Gasteiger partial charge in [-0.05, 0) is 0 Å². The Balaban J connectivity index is 1.97. The molecule has 0 N–H and O–H groups in total. The molecule has 0 spiro atoms. The molecule has 0 aliphatic carbocycles. The SMILES string of the molecule is Brc1ccc([O][Bi]([O]c2ccc(Br)cc2Br)([c]2ccccc2)([c]2ccccc2)[c]2ccccc2)c(Br)c1. The molecule has 5 rings (SSSR count). The molecule has 0 aliphatic heterocycles. The van der Waals surface area contributed by atoms with Crippen LogP contribution in [0.2, 0.25) is 0 Å². The number of hydrogen-bond donors (Lipinski definition) is 0. The van der Waals surface area contributed by atoms with Crippen LogP contribution in [0.3, 0.4) is 0 Å². The van der Waals surface area contributed by atoms with Gasteiger partial charge in [-0.3, -0.25) is 0 Å². The molecule has 5 aromatic carbocycles. The van der Waals surface area contributed by atoms with E-state index in [1.54, 1.807) is 0 Å². The van der Waals surface area contributed by atoms with Gasteiger partial charge in [0.15, 0.2) is 0 Å². The predicted molar refractivity (Wildman–Crippen MR) is 169 cm³/mol. The average molecular weight is 942 g/mol. The van der Waals surface area contributed by atoms with E-state index in [-0.39, 0.29) is 0 Å². The molecule has 5 aromatic rings. The van der Waals surface area contributed by atoms with E-state index < -0.39 is 19.7 Å². The minimum atomic E-state index is -5.58. The van der Waals surface area contributed by atoms with Crippen LogP contribution in [-0.2, 0) is 0 Å². The van der Waals surface area contributed by atoms with Crippen molar-refractivity contribution in [3.8, 4) is 11.5 Å². The van der Waals surface area contributed by atoms with Gasteiger partial charge in [0.05, 0.1) is 0 Å². The van der Waals surface area contributed by atoms with Crippen molar-refractivity contribution in [3.05, 3.63) is 145 Å². The van der Waals surface area contributed by atoms with Gasteiger partial charge >= 0.3 is 256 Å². The third-order valence-corrected chi connectivity index (χ3v) is 26.9. The maximum absolute atomic E-state index is 7.51. The number of hydrogen-bond acceptors (Lipinski definition) is 2. The fourth-order valence-corrected chi connectivity index (χ4v) is 26.2. The molecule has 0 unspecified atom stereocenters. The summed E-state index contributed by atoms with van der Waals surface area (Å²) >= 11 is 9.10. The quantitative estimate of drug-likeness (QED) is 0.153. The molecule has 2 nitrogen and oxygen atoms in total. The van der Waals surface area contributed by atoms with Crippen LogP contribution in [0.1, 0.15) is 0 Å². The van der Waals surface area contributed by atoms with E-state index in [2.05, 4.69) is 137 Å². The second kappa shape index (κ2) is 11.3. The number of rotatable bonds is 7. The number of benzene rings is 5. The standard InChI is InChI=1S/2C6H4Br2O.3C6H5.Bi/c2*7-4-1-2-6(9)5(8)3-4;3*1-2-4-6-5-3-1;/h2*1-3,9H;3*1-5H;/q;;;;;+2/p-2. The van der Waals surface area contributed by atoms with Crippen LogP contribution < -0.4 is 15.4 Å². The number of halogens is 4. The van der Waals surface area contributed by atoms with Crippen LogP contribution in [0.5, 0.6) is 11.5 Å². The summed E-state index contributed by atoms with van der Waals surface area (Å²) in [6.45, 7) is 0. The zero-order valence-electron chi connectivity index (χ0n) is 19.4. The second-order valence-electron chi connectivity index (χ2n) is 8.30. The van der Waals surface area contributed by atoms with Crippen molar-refractivity contribution >= 4 is 93.2 Å². The first-order chi connectivity index (χ1) is 17.9. The summed E-state index contributed by atoms with van der Waals surface area (Å²) < 4.78 is 21.7. The van der Waals surface area contributed by atoms with Crippen molar-refractivity contribution in [1.29, 1.82) is 0 Å². The first-order valence-corrected chi connectivity index (χ1v) is 22.6. The van der Waals surface area contributed by atoms with Gasteiger partial charge in [-0.25, -0.2) is 0 Å². The summed E-state index contributed by atoms with van der Waals surface area (Å²) in [5.74, 6) is 1.42. The van der Waals surface area contributed by atoms with Crippen LogP contribution in [0.25, 0.3) is 0 Å². The first-order valence-electron chi connectivity index (χ1n) is 11.4. The van der Waals surface area contributed by atoms with E-state index in [1.165, 1.54) is 0 Å². The minimum absolute atomic E-state index is 0.709. The van der Waals surface area contributed by atoms with Gasteiger partial charge in [0.2, 0.25) is 0 Å². The van der Waals surface area contributed by atoms with E-state index in [1.807, 2.05) is 54.6 Å². The molecule has 0 amide bonds. The van der Waals surface area contributed by atoms with Gasteiger partial charge in [0.1, 0.15) is 0 Å². The molecule has 7 heteroatoms. The summed E-state index contributed by atoms with van der Waals surface area (Å²) in [4.78, 5) is 0. The molecule has 186 valence electrons. The van der Waals surface area contributed by atoms with Gasteiger partial charge in [0.25, 0.3) is 0 Å². The summed E-state index contributed by atoms with van der Waals surface area (Å²) in [5, 5.41) is 0. The summed E-state index contributed by atoms with van der Waals surface area (Å²) in [6, 6.07) is 43.1.